The Morgan fingerprint density at radius 1 is 1.18 bits per heavy atom. The molecule has 6 nitrogen and oxygen atoms in total. The first kappa shape index (κ1) is 15.5. The predicted octanol–water partition coefficient (Wildman–Crippen LogP) is 1.66. The topological polar surface area (TPSA) is 102 Å². The number of amides is 1. The molecule has 0 aromatic heterocycles. The number of phenols is 2. The van der Waals surface area contributed by atoms with Gasteiger partial charge in [0.25, 0.3) is 5.91 Å². The molecule has 0 heterocycles. The largest absolute Gasteiger partial charge is 0.508 e. The third kappa shape index (κ3) is 3.42. The molecule has 0 spiro atoms. The second-order valence-corrected chi connectivity index (χ2v) is 4.71. The molecule has 0 atom stereocenters. The highest BCUT2D eigenvalue weighted by molar-refractivity contribution is 5.95. The van der Waals surface area contributed by atoms with E-state index in [0.717, 1.165) is 0 Å². The van der Waals surface area contributed by atoms with E-state index in [1.54, 1.807) is 19.1 Å². The molecule has 0 unspecified atom stereocenters. The molecule has 114 valence electrons. The van der Waals surface area contributed by atoms with Crippen LogP contribution in [0.15, 0.2) is 41.5 Å². The van der Waals surface area contributed by atoms with Gasteiger partial charge in [-0.15, -0.1) is 0 Å². The highest BCUT2D eigenvalue weighted by atomic mass is 16.3. The summed E-state index contributed by atoms with van der Waals surface area (Å²) in [6, 6.07) is 9.09. The number of rotatable bonds is 4. The van der Waals surface area contributed by atoms with Crippen LogP contribution in [-0.2, 0) is 6.61 Å². The molecule has 2 aromatic rings. The molecule has 2 aromatic carbocycles. The minimum atomic E-state index is -0.450. The summed E-state index contributed by atoms with van der Waals surface area (Å²) in [4.78, 5) is 11.8. The van der Waals surface area contributed by atoms with Crippen molar-refractivity contribution in [3.8, 4) is 11.5 Å². The van der Waals surface area contributed by atoms with E-state index in [4.69, 9.17) is 5.11 Å². The van der Waals surface area contributed by atoms with Gasteiger partial charge in [-0.1, -0.05) is 12.1 Å². The lowest BCUT2D eigenvalue weighted by Gasteiger charge is -2.07. The first-order valence-corrected chi connectivity index (χ1v) is 6.57. The van der Waals surface area contributed by atoms with Crippen LogP contribution in [-0.4, -0.2) is 27.4 Å². The number of aliphatic hydroxyl groups is 1. The second kappa shape index (κ2) is 6.73. The van der Waals surface area contributed by atoms with Gasteiger partial charge in [-0.2, -0.15) is 5.10 Å². The first-order chi connectivity index (χ1) is 10.5. The molecule has 0 aliphatic rings. The SMILES string of the molecule is Cc1ccc(CO)c(/C=N\NC(=O)c2ccc(O)cc2)c1O. The molecule has 6 heteroatoms. The molecule has 0 bridgehead atoms. The summed E-state index contributed by atoms with van der Waals surface area (Å²) in [5.74, 6) is -0.375. The van der Waals surface area contributed by atoms with E-state index in [0.29, 0.717) is 22.3 Å². The summed E-state index contributed by atoms with van der Waals surface area (Å²) < 4.78 is 0. The van der Waals surface area contributed by atoms with E-state index in [1.165, 1.54) is 30.5 Å². The number of aryl methyl sites for hydroxylation is 1. The van der Waals surface area contributed by atoms with Crippen molar-refractivity contribution in [2.45, 2.75) is 13.5 Å². The summed E-state index contributed by atoms with van der Waals surface area (Å²) >= 11 is 0. The van der Waals surface area contributed by atoms with Crippen LogP contribution in [0, 0.1) is 6.92 Å². The number of aromatic hydroxyl groups is 2. The van der Waals surface area contributed by atoms with Gasteiger partial charge in [0.1, 0.15) is 11.5 Å². The van der Waals surface area contributed by atoms with Gasteiger partial charge in [0, 0.05) is 11.1 Å². The highest BCUT2D eigenvalue weighted by Crippen LogP contribution is 2.23. The average Bonchev–Trinajstić information content (AvgIpc) is 2.52. The normalized spacial score (nSPS) is 10.8. The van der Waals surface area contributed by atoms with Gasteiger partial charge in [-0.05, 0) is 42.3 Å². The van der Waals surface area contributed by atoms with Crippen molar-refractivity contribution < 1.29 is 20.1 Å². The fraction of sp³-hybridized carbons (Fsp3) is 0.125. The zero-order valence-electron chi connectivity index (χ0n) is 11.9. The van der Waals surface area contributed by atoms with Crippen molar-refractivity contribution in [2.24, 2.45) is 5.10 Å². The number of carbonyl (C=O) groups is 1. The molecule has 0 saturated heterocycles. The van der Waals surface area contributed by atoms with Gasteiger partial charge in [-0.3, -0.25) is 4.79 Å². The van der Waals surface area contributed by atoms with Crippen LogP contribution in [0.1, 0.15) is 27.0 Å². The maximum Gasteiger partial charge on any atom is 0.271 e. The van der Waals surface area contributed by atoms with E-state index >= 15 is 0 Å². The second-order valence-electron chi connectivity index (χ2n) is 4.71. The molecule has 0 aliphatic carbocycles. The number of aliphatic hydroxyl groups excluding tert-OH is 1. The Balaban J connectivity index is 2.14. The molecule has 4 N–H and O–H groups in total. The third-order valence-electron chi connectivity index (χ3n) is 3.17. The lowest BCUT2D eigenvalue weighted by atomic mass is 10.0. The van der Waals surface area contributed by atoms with E-state index in [9.17, 15) is 15.0 Å². The number of nitrogens with zero attached hydrogens (tertiary/aromatic N) is 1. The van der Waals surface area contributed by atoms with Crippen LogP contribution >= 0.6 is 0 Å². The zero-order valence-corrected chi connectivity index (χ0v) is 11.9. The van der Waals surface area contributed by atoms with Crippen molar-refractivity contribution in [3.63, 3.8) is 0 Å². The summed E-state index contributed by atoms with van der Waals surface area (Å²) in [6.45, 7) is 1.48. The molecule has 0 radical (unpaired) electrons. The predicted molar refractivity (Wildman–Crippen MR) is 81.9 cm³/mol. The molecule has 0 saturated carbocycles. The van der Waals surface area contributed by atoms with Crippen LogP contribution in [0.4, 0.5) is 0 Å². The van der Waals surface area contributed by atoms with Gasteiger partial charge in [-0.25, -0.2) is 5.43 Å². The van der Waals surface area contributed by atoms with Crippen LogP contribution in [0.2, 0.25) is 0 Å². The first-order valence-electron chi connectivity index (χ1n) is 6.57. The molecular formula is C16H16N2O4. The Labute approximate surface area is 127 Å². The minimum absolute atomic E-state index is 0.00850. The minimum Gasteiger partial charge on any atom is -0.508 e. The number of carbonyl (C=O) groups excluding carboxylic acids is 1. The molecule has 1 amide bonds. The smallest absolute Gasteiger partial charge is 0.271 e. The lowest BCUT2D eigenvalue weighted by molar-refractivity contribution is 0.0955. The summed E-state index contributed by atoms with van der Waals surface area (Å²) in [5.41, 5.74) is 4.16. The lowest BCUT2D eigenvalue weighted by Crippen LogP contribution is -2.17. The number of nitrogens with one attached hydrogen (secondary N) is 1. The van der Waals surface area contributed by atoms with Gasteiger partial charge in [0.05, 0.1) is 12.8 Å². The molecule has 0 fully saturated rings. The fourth-order valence-corrected chi connectivity index (χ4v) is 1.87. The molecule has 2 rings (SSSR count). The molecule has 0 aliphatic heterocycles. The van der Waals surface area contributed by atoms with Gasteiger partial charge >= 0.3 is 0 Å². The maximum atomic E-state index is 11.8. The van der Waals surface area contributed by atoms with Crippen molar-refractivity contribution >= 4 is 12.1 Å². The zero-order chi connectivity index (χ0) is 16.1. The van der Waals surface area contributed by atoms with E-state index in [-0.39, 0.29) is 18.1 Å². The van der Waals surface area contributed by atoms with Crippen molar-refractivity contribution in [1.82, 2.24) is 5.43 Å². The molecule has 22 heavy (non-hydrogen) atoms. The number of hydrazone groups is 1. The van der Waals surface area contributed by atoms with Crippen LogP contribution < -0.4 is 5.43 Å². The van der Waals surface area contributed by atoms with Crippen LogP contribution in [0.3, 0.4) is 0 Å². The number of phenolic OH excluding ortho intramolecular Hbond substituents is 2. The molecular weight excluding hydrogens is 284 g/mol. The van der Waals surface area contributed by atoms with Gasteiger partial charge in [0.15, 0.2) is 0 Å². The van der Waals surface area contributed by atoms with E-state index in [2.05, 4.69) is 10.5 Å². The maximum absolute atomic E-state index is 11.8. The Bertz CT molecular complexity index is 709. The number of benzene rings is 2. The Morgan fingerprint density at radius 3 is 2.50 bits per heavy atom. The van der Waals surface area contributed by atoms with E-state index in [1.807, 2.05) is 0 Å². The quantitative estimate of drug-likeness (QED) is 0.509. The summed E-state index contributed by atoms with van der Waals surface area (Å²) in [5, 5.41) is 32.2. The summed E-state index contributed by atoms with van der Waals surface area (Å²) in [6.07, 6.45) is 1.28. The average molecular weight is 300 g/mol. The highest BCUT2D eigenvalue weighted by Gasteiger charge is 2.08. The van der Waals surface area contributed by atoms with Crippen molar-refractivity contribution in [1.29, 1.82) is 0 Å². The Morgan fingerprint density at radius 2 is 1.86 bits per heavy atom. The number of hydrogen-bond donors (Lipinski definition) is 4. The number of hydrogen-bond acceptors (Lipinski definition) is 5. The van der Waals surface area contributed by atoms with Crippen LogP contribution in [0.5, 0.6) is 11.5 Å². The monoisotopic (exact) mass is 300 g/mol. The Hall–Kier alpha value is -2.86. The fourth-order valence-electron chi connectivity index (χ4n) is 1.87. The van der Waals surface area contributed by atoms with E-state index < -0.39 is 5.91 Å². The summed E-state index contributed by atoms with van der Waals surface area (Å²) in [7, 11) is 0. The van der Waals surface area contributed by atoms with Gasteiger partial charge in [0.2, 0.25) is 0 Å². The third-order valence-corrected chi connectivity index (χ3v) is 3.17. The van der Waals surface area contributed by atoms with Crippen molar-refractivity contribution in [2.75, 3.05) is 0 Å². The van der Waals surface area contributed by atoms with Crippen LogP contribution in [0.25, 0.3) is 0 Å². The van der Waals surface area contributed by atoms with Gasteiger partial charge < -0.3 is 15.3 Å². The van der Waals surface area contributed by atoms with Crippen molar-refractivity contribution in [3.05, 3.63) is 58.7 Å². The Kier molecular flexibility index (Phi) is 4.75. The standard InChI is InChI=1S/C16H16N2O4/c1-10-2-3-12(9-19)14(15(10)21)8-17-18-16(22)11-4-6-13(20)7-5-11/h2-8,19-21H,9H2,1H3,(H,18,22)/b17-8-.